The van der Waals surface area contributed by atoms with Crippen molar-refractivity contribution >= 4 is 11.7 Å². The maximum atomic E-state index is 12.3. The molecule has 2 aromatic rings. The van der Waals surface area contributed by atoms with Crippen LogP contribution < -0.4 is 10.1 Å². The molecule has 30 heavy (non-hydrogen) atoms. The van der Waals surface area contributed by atoms with Crippen molar-refractivity contribution in [3.05, 3.63) is 53.3 Å². The van der Waals surface area contributed by atoms with E-state index in [0.29, 0.717) is 18.0 Å². The number of nitrogens with zero attached hydrogens (tertiary/aromatic N) is 1. The van der Waals surface area contributed by atoms with Crippen LogP contribution in [0, 0.1) is 0 Å². The van der Waals surface area contributed by atoms with Crippen LogP contribution >= 0.6 is 0 Å². The SMILES string of the molecule is CC.O=C(O)c1ccncc1NC[C@H]1CCCc2cc(OCCC(F)(F)F)ccc21. The molecule has 8 heteroatoms. The van der Waals surface area contributed by atoms with Crippen molar-refractivity contribution in [3.8, 4) is 5.75 Å². The second kappa shape index (κ2) is 10.8. The molecule has 1 heterocycles. The Balaban J connectivity index is 0.00000155. The summed E-state index contributed by atoms with van der Waals surface area (Å²) in [5, 5.41) is 12.4. The summed E-state index contributed by atoms with van der Waals surface area (Å²) in [4.78, 5) is 15.3. The number of benzene rings is 1. The fourth-order valence-corrected chi connectivity index (χ4v) is 3.43. The van der Waals surface area contributed by atoms with Gasteiger partial charge < -0.3 is 15.2 Å². The minimum Gasteiger partial charge on any atom is -0.493 e. The number of aryl methyl sites for hydroxylation is 1. The van der Waals surface area contributed by atoms with Crippen molar-refractivity contribution < 1.29 is 27.8 Å². The zero-order valence-electron chi connectivity index (χ0n) is 17.1. The number of fused-ring (bicyclic) bond motifs is 1. The number of pyridine rings is 1. The van der Waals surface area contributed by atoms with Crippen LogP contribution in [0.2, 0.25) is 0 Å². The Morgan fingerprint density at radius 3 is 2.77 bits per heavy atom. The maximum absolute atomic E-state index is 12.3. The number of nitrogens with one attached hydrogen (secondary N) is 1. The van der Waals surface area contributed by atoms with Crippen LogP contribution in [0.25, 0.3) is 0 Å². The number of anilines is 1. The lowest BCUT2D eigenvalue weighted by molar-refractivity contribution is -0.139. The highest BCUT2D eigenvalue weighted by molar-refractivity contribution is 5.93. The molecule has 0 fully saturated rings. The average molecular weight is 424 g/mol. The number of ether oxygens (including phenoxy) is 1. The number of carbonyl (C=O) groups is 1. The third-order valence-corrected chi connectivity index (χ3v) is 4.80. The lowest BCUT2D eigenvalue weighted by Crippen LogP contribution is -2.19. The van der Waals surface area contributed by atoms with Crippen LogP contribution in [-0.2, 0) is 6.42 Å². The summed E-state index contributed by atoms with van der Waals surface area (Å²) in [5.41, 5.74) is 2.81. The van der Waals surface area contributed by atoms with E-state index in [2.05, 4.69) is 10.3 Å². The standard InChI is InChI=1S/C20H21F3N2O3.C2H6/c21-20(22,23)7-9-28-15-4-5-16-13(10-15)2-1-3-14(16)11-25-18-12-24-8-6-17(18)19(26)27;1-2/h4-6,8,10,12,14,25H,1-3,7,9,11H2,(H,26,27);1-2H3/t14-;/m1./s1. The van der Waals surface area contributed by atoms with Crippen molar-refractivity contribution in [2.75, 3.05) is 18.5 Å². The number of aromatic carboxylic acids is 1. The predicted molar refractivity (Wildman–Crippen MR) is 109 cm³/mol. The summed E-state index contributed by atoms with van der Waals surface area (Å²) in [6.45, 7) is 4.15. The Hall–Kier alpha value is -2.77. The number of hydrogen-bond donors (Lipinski definition) is 2. The van der Waals surface area contributed by atoms with Gasteiger partial charge in [-0.2, -0.15) is 13.2 Å². The molecule has 1 aromatic carbocycles. The number of aromatic nitrogens is 1. The summed E-state index contributed by atoms with van der Waals surface area (Å²) in [6.07, 6.45) is 0.450. The van der Waals surface area contributed by atoms with E-state index in [1.165, 1.54) is 18.5 Å². The normalized spacial score (nSPS) is 15.4. The van der Waals surface area contributed by atoms with Gasteiger partial charge in [0.1, 0.15) is 5.75 Å². The lowest BCUT2D eigenvalue weighted by atomic mass is 9.82. The van der Waals surface area contributed by atoms with E-state index < -0.39 is 25.2 Å². The van der Waals surface area contributed by atoms with Gasteiger partial charge in [0.25, 0.3) is 0 Å². The average Bonchev–Trinajstić information content (AvgIpc) is 2.72. The minimum absolute atomic E-state index is 0.166. The zero-order chi connectivity index (χ0) is 22.1. The largest absolute Gasteiger partial charge is 0.493 e. The van der Waals surface area contributed by atoms with E-state index in [9.17, 15) is 23.1 Å². The first kappa shape index (κ1) is 23.5. The van der Waals surface area contributed by atoms with Crippen molar-refractivity contribution in [3.63, 3.8) is 0 Å². The van der Waals surface area contributed by atoms with Crippen molar-refractivity contribution in [2.24, 2.45) is 0 Å². The summed E-state index contributed by atoms with van der Waals surface area (Å²) in [6, 6.07) is 6.85. The van der Waals surface area contributed by atoms with Gasteiger partial charge >= 0.3 is 12.1 Å². The van der Waals surface area contributed by atoms with Crippen molar-refractivity contribution in [1.29, 1.82) is 0 Å². The maximum Gasteiger partial charge on any atom is 0.392 e. The van der Waals surface area contributed by atoms with Gasteiger partial charge in [-0.25, -0.2) is 4.79 Å². The molecule has 1 aliphatic rings. The Morgan fingerprint density at radius 2 is 2.07 bits per heavy atom. The van der Waals surface area contributed by atoms with E-state index >= 15 is 0 Å². The van der Waals surface area contributed by atoms with Gasteiger partial charge in [0, 0.05) is 18.7 Å². The quantitative estimate of drug-likeness (QED) is 0.599. The molecule has 5 nitrogen and oxygen atoms in total. The summed E-state index contributed by atoms with van der Waals surface area (Å²) >= 11 is 0. The van der Waals surface area contributed by atoms with Gasteiger partial charge in [0.15, 0.2) is 0 Å². The van der Waals surface area contributed by atoms with Crippen LogP contribution in [0.15, 0.2) is 36.7 Å². The molecule has 0 unspecified atom stereocenters. The van der Waals surface area contributed by atoms with Gasteiger partial charge in [-0.15, -0.1) is 0 Å². The second-order valence-corrected chi connectivity index (χ2v) is 6.77. The predicted octanol–water partition coefficient (Wildman–Crippen LogP) is 5.67. The van der Waals surface area contributed by atoms with E-state index in [1.54, 1.807) is 6.07 Å². The highest BCUT2D eigenvalue weighted by atomic mass is 19.4. The monoisotopic (exact) mass is 424 g/mol. The third-order valence-electron chi connectivity index (χ3n) is 4.80. The molecule has 0 spiro atoms. The molecule has 0 saturated heterocycles. The Labute approximate surface area is 174 Å². The fourth-order valence-electron chi connectivity index (χ4n) is 3.43. The first-order chi connectivity index (χ1) is 14.3. The number of alkyl halides is 3. The van der Waals surface area contributed by atoms with Gasteiger partial charge in [0.05, 0.1) is 30.5 Å². The van der Waals surface area contributed by atoms with Gasteiger partial charge in [-0.1, -0.05) is 19.9 Å². The molecule has 0 aliphatic heterocycles. The van der Waals surface area contributed by atoms with Gasteiger partial charge in [-0.3, -0.25) is 4.98 Å². The first-order valence-electron chi connectivity index (χ1n) is 10.1. The van der Waals surface area contributed by atoms with Crippen LogP contribution in [0.5, 0.6) is 5.75 Å². The number of carboxylic acid groups (broad SMARTS) is 1. The molecule has 0 saturated carbocycles. The minimum atomic E-state index is -4.23. The van der Waals surface area contributed by atoms with Gasteiger partial charge in [-0.05, 0) is 48.6 Å². The molecule has 0 radical (unpaired) electrons. The van der Waals surface area contributed by atoms with Gasteiger partial charge in [0.2, 0.25) is 0 Å². The first-order valence-corrected chi connectivity index (χ1v) is 10.1. The molecule has 1 atom stereocenters. The van der Waals surface area contributed by atoms with E-state index in [4.69, 9.17) is 4.74 Å². The van der Waals surface area contributed by atoms with Crippen molar-refractivity contribution in [2.45, 2.75) is 51.6 Å². The number of rotatable bonds is 7. The smallest absolute Gasteiger partial charge is 0.392 e. The second-order valence-electron chi connectivity index (χ2n) is 6.77. The van der Waals surface area contributed by atoms with Crippen LogP contribution in [0.1, 0.15) is 60.5 Å². The molecular formula is C22H27F3N2O3. The third kappa shape index (κ3) is 6.64. The van der Waals surface area contributed by atoms with Crippen LogP contribution in [0.3, 0.4) is 0 Å². The number of hydrogen-bond acceptors (Lipinski definition) is 4. The molecule has 1 aromatic heterocycles. The summed E-state index contributed by atoms with van der Waals surface area (Å²) < 4.78 is 42.0. The van der Waals surface area contributed by atoms with E-state index in [-0.39, 0.29) is 11.5 Å². The molecule has 0 amide bonds. The number of carboxylic acids is 1. The summed E-state index contributed by atoms with van der Waals surface area (Å²) in [7, 11) is 0. The molecular weight excluding hydrogens is 397 g/mol. The summed E-state index contributed by atoms with van der Waals surface area (Å²) in [5.74, 6) is -0.401. The Bertz CT molecular complexity index is 841. The van der Waals surface area contributed by atoms with E-state index in [0.717, 1.165) is 30.4 Å². The highest BCUT2D eigenvalue weighted by Gasteiger charge is 2.27. The highest BCUT2D eigenvalue weighted by Crippen LogP contribution is 2.34. The molecule has 2 N–H and O–H groups in total. The molecule has 0 bridgehead atoms. The molecule has 164 valence electrons. The Kier molecular flexibility index (Phi) is 8.50. The Morgan fingerprint density at radius 1 is 1.30 bits per heavy atom. The van der Waals surface area contributed by atoms with Crippen molar-refractivity contribution in [1.82, 2.24) is 4.98 Å². The van der Waals surface area contributed by atoms with Crippen LogP contribution in [0.4, 0.5) is 18.9 Å². The number of halogens is 3. The van der Waals surface area contributed by atoms with E-state index in [1.807, 2.05) is 26.0 Å². The van der Waals surface area contributed by atoms with Crippen LogP contribution in [-0.4, -0.2) is 35.4 Å². The fraction of sp³-hybridized carbons (Fsp3) is 0.455. The lowest BCUT2D eigenvalue weighted by Gasteiger charge is -2.27. The molecule has 3 rings (SSSR count). The topological polar surface area (TPSA) is 71.5 Å². The zero-order valence-corrected chi connectivity index (χ0v) is 17.1. The molecule has 1 aliphatic carbocycles.